The smallest absolute Gasteiger partial charge is 0.126 e. The maximum atomic E-state index is 13.1. The summed E-state index contributed by atoms with van der Waals surface area (Å²) in [7, 11) is 0. The van der Waals surface area contributed by atoms with Crippen LogP contribution in [0.25, 0.3) is 0 Å². The summed E-state index contributed by atoms with van der Waals surface area (Å²) in [5.74, 6) is -1.000. The Morgan fingerprint density at radius 1 is 1.06 bits per heavy atom. The number of hydrogen-bond acceptors (Lipinski definition) is 1. The van der Waals surface area contributed by atoms with E-state index >= 15 is 0 Å². The summed E-state index contributed by atoms with van der Waals surface area (Å²) in [6.45, 7) is 0.602. The highest BCUT2D eigenvalue weighted by Crippen LogP contribution is 2.40. The molecular formula is C13H17F2N. The van der Waals surface area contributed by atoms with Crippen LogP contribution >= 0.6 is 0 Å². The second-order valence-corrected chi connectivity index (χ2v) is 4.87. The lowest BCUT2D eigenvalue weighted by atomic mass is 9.80. The quantitative estimate of drug-likeness (QED) is 0.840. The van der Waals surface area contributed by atoms with E-state index in [1.54, 1.807) is 0 Å². The summed E-state index contributed by atoms with van der Waals surface area (Å²) in [6, 6.07) is 3.74. The van der Waals surface area contributed by atoms with Crippen molar-refractivity contribution in [3.8, 4) is 0 Å². The molecule has 16 heavy (non-hydrogen) atoms. The van der Waals surface area contributed by atoms with E-state index in [4.69, 9.17) is 5.73 Å². The van der Waals surface area contributed by atoms with Crippen LogP contribution in [0.5, 0.6) is 0 Å². The molecule has 1 aromatic carbocycles. The summed E-state index contributed by atoms with van der Waals surface area (Å²) >= 11 is 0. The first-order valence-electron chi connectivity index (χ1n) is 5.79. The van der Waals surface area contributed by atoms with Gasteiger partial charge in [-0.05, 0) is 48.9 Å². The molecule has 3 heteroatoms. The third-order valence-corrected chi connectivity index (χ3v) is 3.60. The summed E-state index contributed by atoms with van der Waals surface area (Å²) in [4.78, 5) is 0. The highest BCUT2D eigenvalue weighted by Gasteiger charge is 2.32. The molecule has 1 aromatic rings. The van der Waals surface area contributed by atoms with E-state index < -0.39 is 11.6 Å². The van der Waals surface area contributed by atoms with Gasteiger partial charge in [-0.2, -0.15) is 0 Å². The lowest BCUT2D eigenvalue weighted by molar-refractivity contribution is 0.306. The SMILES string of the molecule is NCC1(Cc2cc(F)cc(F)c2)CCCC1. The van der Waals surface area contributed by atoms with Gasteiger partial charge in [0, 0.05) is 6.07 Å². The van der Waals surface area contributed by atoms with Crippen molar-refractivity contribution in [1.82, 2.24) is 0 Å². The molecule has 0 atom stereocenters. The predicted octanol–water partition coefficient (Wildman–Crippen LogP) is 3.03. The zero-order chi connectivity index (χ0) is 11.6. The molecule has 0 unspecified atom stereocenters. The van der Waals surface area contributed by atoms with Gasteiger partial charge in [0.15, 0.2) is 0 Å². The van der Waals surface area contributed by atoms with Crippen molar-refractivity contribution in [3.05, 3.63) is 35.4 Å². The molecule has 0 radical (unpaired) electrons. The van der Waals surface area contributed by atoms with Crippen LogP contribution in [0, 0.1) is 17.0 Å². The molecule has 0 spiro atoms. The molecule has 88 valence electrons. The Morgan fingerprint density at radius 2 is 1.62 bits per heavy atom. The fraction of sp³-hybridized carbons (Fsp3) is 0.538. The Kier molecular flexibility index (Phi) is 3.24. The highest BCUT2D eigenvalue weighted by molar-refractivity contribution is 5.20. The molecular weight excluding hydrogens is 208 g/mol. The average Bonchev–Trinajstić information content (AvgIpc) is 2.65. The Bertz CT molecular complexity index is 350. The van der Waals surface area contributed by atoms with Gasteiger partial charge in [0.25, 0.3) is 0 Å². The minimum atomic E-state index is -0.500. The minimum Gasteiger partial charge on any atom is -0.330 e. The summed E-state index contributed by atoms with van der Waals surface area (Å²) in [5.41, 5.74) is 6.60. The first kappa shape index (κ1) is 11.5. The van der Waals surface area contributed by atoms with Crippen LogP contribution in [0.15, 0.2) is 18.2 Å². The van der Waals surface area contributed by atoms with Crippen molar-refractivity contribution in [2.24, 2.45) is 11.1 Å². The van der Waals surface area contributed by atoms with Gasteiger partial charge < -0.3 is 5.73 Å². The van der Waals surface area contributed by atoms with Crippen LogP contribution in [0.2, 0.25) is 0 Å². The monoisotopic (exact) mass is 225 g/mol. The molecule has 0 heterocycles. The zero-order valence-electron chi connectivity index (χ0n) is 9.31. The lowest BCUT2D eigenvalue weighted by Crippen LogP contribution is -2.29. The van der Waals surface area contributed by atoms with Gasteiger partial charge in [0.05, 0.1) is 0 Å². The Hall–Kier alpha value is -0.960. The summed E-state index contributed by atoms with van der Waals surface area (Å²) in [5, 5.41) is 0. The molecule has 2 rings (SSSR count). The standard InChI is InChI=1S/C13H17F2N/c14-11-5-10(6-12(15)7-11)8-13(9-16)3-1-2-4-13/h5-7H,1-4,8-9,16H2. The summed E-state index contributed by atoms with van der Waals surface area (Å²) in [6.07, 6.45) is 5.19. The molecule has 1 nitrogen and oxygen atoms in total. The van der Waals surface area contributed by atoms with Gasteiger partial charge in [-0.25, -0.2) is 8.78 Å². The number of halogens is 2. The first-order valence-corrected chi connectivity index (χ1v) is 5.79. The third kappa shape index (κ3) is 2.40. The first-order chi connectivity index (χ1) is 7.63. The molecule has 0 bridgehead atoms. The number of rotatable bonds is 3. The second-order valence-electron chi connectivity index (χ2n) is 4.87. The van der Waals surface area contributed by atoms with Gasteiger partial charge in [-0.3, -0.25) is 0 Å². The van der Waals surface area contributed by atoms with Crippen LogP contribution < -0.4 is 5.73 Å². The molecule has 1 aliphatic rings. The fourth-order valence-electron chi connectivity index (χ4n) is 2.72. The van der Waals surface area contributed by atoms with Gasteiger partial charge in [-0.1, -0.05) is 12.8 Å². The maximum Gasteiger partial charge on any atom is 0.126 e. The minimum absolute atomic E-state index is 0.0697. The Morgan fingerprint density at radius 3 is 2.12 bits per heavy atom. The predicted molar refractivity (Wildman–Crippen MR) is 60.0 cm³/mol. The van der Waals surface area contributed by atoms with E-state index in [0.29, 0.717) is 13.0 Å². The van der Waals surface area contributed by atoms with Gasteiger partial charge in [0.1, 0.15) is 11.6 Å². The highest BCUT2D eigenvalue weighted by atomic mass is 19.1. The molecule has 1 fully saturated rings. The van der Waals surface area contributed by atoms with Crippen molar-refractivity contribution in [2.75, 3.05) is 6.54 Å². The van der Waals surface area contributed by atoms with E-state index in [0.717, 1.165) is 24.5 Å². The van der Waals surface area contributed by atoms with Crippen molar-refractivity contribution in [3.63, 3.8) is 0 Å². The van der Waals surface area contributed by atoms with Crippen LogP contribution in [-0.4, -0.2) is 6.54 Å². The second kappa shape index (κ2) is 4.50. The van der Waals surface area contributed by atoms with E-state index in [1.165, 1.54) is 25.0 Å². The normalized spacial score (nSPS) is 18.9. The van der Waals surface area contributed by atoms with Crippen molar-refractivity contribution in [2.45, 2.75) is 32.1 Å². The van der Waals surface area contributed by atoms with Crippen molar-refractivity contribution in [1.29, 1.82) is 0 Å². The maximum absolute atomic E-state index is 13.1. The molecule has 1 aliphatic carbocycles. The molecule has 2 N–H and O–H groups in total. The lowest BCUT2D eigenvalue weighted by Gasteiger charge is -2.27. The number of benzene rings is 1. The fourth-order valence-corrected chi connectivity index (χ4v) is 2.72. The molecule has 0 saturated heterocycles. The average molecular weight is 225 g/mol. The summed E-state index contributed by atoms with van der Waals surface area (Å²) < 4.78 is 26.1. The number of nitrogens with two attached hydrogens (primary N) is 1. The zero-order valence-corrected chi connectivity index (χ0v) is 9.31. The van der Waals surface area contributed by atoms with Crippen LogP contribution in [0.4, 0.5) is 8.78 Å². The van der Waals surface area contributed by atoms with Gasteiger partial charge >= 0.3 is 0 Å². The van der Waals surface area contributed by atoms with Crippen molar-refractivity contribution < 1.29 is 8.78 Å². The molecule has 0 aromatic heterocycles. The van der Waals surface area contributed by atoms with Crippen molar-refractivity contribution >= 4 is 0 Å². The van der Waals surface area contributed by atoms with Gasteiger partial charge in [-0.15, -0.1) is 0 Å². The topological polar surface area (TPSA) is 26.0 Å². The Labute approximate surface area is 94.7 Å². The molecule has 0 aliphatic heterocycles. The third-order valence-electron chi connectivity index (χ3n) is 3.60. The Balaban J connectivity index is 2.18. The van der Waals surface area contributed by atoms with Gasteiger partial charge in [0.2, 0.25) is 0 Å². The van der Waals surface area contributed by atoms with Crippen LogP contribution in [-0.2, 0) is 6.42 Å². The van der Waals surface area contributed by atoms with E-state index in [2.05, 4.69) is 0 Å². The van der Waals surface area contributed by atoms with E-state index in [9.17, 15) is 8.78 Å². The molecule has 1 saturated carbocycles. The molecule has 0 amide bonds. The van der Waals surface area contributed by atoms with Crippen LogP contribution in [0.1, 0.15) is 31.2 Å². The largest absolute Gasteiger partial charge is 0.330 e. The van der Waals surface area contributed by atoms with Crippen LogP contribution in [0.3, 0.4) is 0 Å². The number of hydrogen-bond donors (Lipinski definition) is 1. The van der Waals surface area contributed by atoms with E-state index in [-0.39, 0.29) is 5.41 Å². The van der Waals surface area contributed by atoms with E-state index in [1.807, 2.05) is 0 Å².